The number of hydrogen-bond donors (Lipinski definition) is 0. The van der Waals surface area contributed by atoms with Gasteiger partial charge in [-0.1, -0.05) is 0 Å². The monoisotopic (exact) mass is 236 g/mol. The molecular formula is C12H12O5. The molecule has 0 saturated carbocycles. The summed E-state index contributed by atoms with van der Waals surface area (Å²) in [4.78, 5) is 11.6. The molecule has 0 aliphatic carbocycles. The molecule has 0 radical (unpaired) electrons. The molecule has 1 aromatic heterocycles. The van der Waals surface area contributed by atoms with Gasteiger partial charge in [0.25, 0.3) is 0 Å². The summed E-state index contributed by atoms with van der Waals surface area (Å²) in [6.45, 7) is 0. The first kappa shape index (κ1) is 11.3. The van der Waals surface area contributed by atoms with E-state index < -0.39 is 5.63 Å². The number of fused-ring (bicyclic) bond motifs is 1. The maximum Gasteiger partial charge on any atom is 0.383 e. The van der Waals surface area contributed by atoms with Crippen molar-refractivity contribution in [3.05, 3.63) is 28.6 Å². The van der Waals surface area contributed by atoms with Crippen LogP contribution >= 0.6 is 0 Å². The Morgan fingerprint density at radius 3 is 2.29 bits per heavy atom. The van der Waals surface area contributed by atoms with Crippen LogP contribution < -0.4 is 19.8 Å². The summed E-state index contributed by atoms with van der Waals surface area (Å²) >= 11 is 0. The highest BCUT2D eigenvalue weighted by atomic mass is 16.5. The summed E-state index contributed by atoms with van der Waals surface area (Å²) < 4.78 is 20.3. The number of benzene rings is 1. The minimum atomic E-state index is -0.579. The second-order valence-electron chi connectivity index (χ2n) is 3.32. The molecular weight excluding hydrogens is 224 g/mol. The maximum atomic E-state index is 11.6. The molecule has 0 fully saturated rings. The molecule has 17 heavy (non-hydrogen) atoms. The maximum absolute atomic E-state index is 11.6. The van der Waals surface area contributed by atoms with E-state index in [0.717, 1.165) is 0 Å². The van der Waals surface area contributed by atoms with Gasteiger partial charge in [0.05, 0.1) is 26.7 Å². The minimum Gasteiger partial charge on any atom is -0.497 e. The molecule has 0 unspecified atom stereocenters. The van der Waals surface area contributed by atoms with E-state index in [1.807, 2.05) is 0 Å². The molecule has 0 aliphatic heterocycles. The SMILES string of the molecule is COc1ccc2c(OC)c(OC)c(=O)oc2c1. The Morgan fingerprint density at radius 1 is 1.00 bits per heavy atom. The second kappa shape index (κ2) is 4.37. The molecule has 90 valence electrons. The largest absolute Gasteiger partial charge is 0.497 e. The van der Waals surface area contributed by atoms with Gasteiger partial charge in [0.2, 0.25) is 5.75 Å². The van der Waals surface area contributed by atoms with Crippen LogP contribution in [0.2, 0.25) is 0 Å². The standard InChI is InChI=1S/C12H12O5/c1-14-7-4-5-8-9(6-7)17-12(13)11(16-3)10(8)15-2/h4-6H,1-3H3. The van der Waals surface area contributed by atoms with Gasteiger partial charge in [0.15, 0.2) is 5.75 Å². The van der Waals surface area contributed by atoms with E-state index >= 15 is 0 Å². The highest BCUT2D eigenvalue weighted by molar-refractivity contribution is 5.86. The van der Waals surface area contributed by atoms with E-state index in [-0.39, 0.29) is 5.75 Å². The Morgan fingerprint density at radius 2 is 1.71 bits per heavy atom. The zero-order valence-corrected chi connectivity index (χ0v) is 9.77. The Balaban J connectivity index is 2.82. The smallest absolute Gasteiger partial charge is 0.383 e. The van der Waals surface area contributed by atoms with Crippen molar-refractivity contribution in [3.8, 4) is 17.2 Å². The Bertz CT molecular complexity index is 600. The fraction of sp³-hybridized carbons (Fsp3) is 0.250. The number of hydrogen-bond acceptors (Lipinski definition) is 5. The lowest BCUT2D eigenvalue weighted by atomic mass is 10.2. The Hall–Kier alpha value is -2.17. The summed E-state index contributed by atoms with van der Waals surface area (Å²) in [5.41, 5.74) is -0.183. The fourth-order valence-corrected chi connectivity index (χ4v) is 1.64. The second-order valence-corrected chi connectivity index (χ2v) is 3.32. The van der Waals surface area contributed by atoms with Gasteiger partial charge < -0.3 is 18.6 Å². The molecule has 2 aromatic rings. The lowest BCUT2D eigenvalue weighted by Gasteiger charge is -2.09. The molecule has 0 saturated heterocycles. The zero-order valence-electron chi connectivity index (χ0n) is 9.77. The third-order valence-electron chi connectivity index (χ3n) is 2.44. The fourth-order valence-electron chi connectivity index (χ4n) is 1.64. The quantitative estimate of drug-likeness (QED) is 0.761. The number of methoxy groups -OCH3 is 3. The normalized spacial score (nSPS) is 10.3. The van der Waals surface area contributed by atoms with Crippen molar-refractivity contribution in [2.45, 2.75) is 0 Å². The average Bonchev–Trinajstić information content (AvgIpc) is 2.36. The van der Waals surface area contributed by atoms with E-state index in [1.165, 1.54) is 14.2 Å². The van der Waals surface area contributed by atoms with Crippen LogP contribution in [-0.2, 0) is 0 Å². The van der Waals surface area contributed by atoms with Gasteiger partial charge in [-0.15, -0.1) is 0 Å². The zero-order chi connectivity index (χ0) is 12.4. The predicted molar refractivity (Wildman–Crippen MR) is 62.1 cm³/mol. The first-order valence-electron chi connectivity index (χ1n) is 4.94. The number of rotatable bonds is 3. The molecule has 0 aliphatic rings. The van der Waals surface area contributed by atoms with E-state index in [4.69, 9.17) is 18.6 Å². The predicted octanol–water partition coefficient (Wildman–Crippen LogP) is 1.82. The molecule has 1 aromatic carbocycles. The molecule has 5 heteroatoms. The van der Waals surface area contributed by atoms with E-state index in [0.29, 0.717) is 22.5 Å². The van der Waals surface area contributed by atoms with Crippen LogP contribution in [0.1, 0.15) is 0 Å². The molecule has 0 atom stereocenters. The van der Waals surface area contributed by atoms with Gasteiger partial charge in [-0.3, -0.25) is 0 Å². The number of ether oxygens (including phenoxy) is 3. The van der Waals surface area contributed by atoms with Crippen LogP contribution in [0.15, 0.2) is 27.4 Å². The molecule has 0 bridgehead atoms. The van der Waals surface area contributed by atoms with Crippen LogP contribution in [0.3, 0.4) is 0 Å². The molecule has 5 nitrogen and oxygen atoms in total. The third kappa shape index (κ3) is 1.80. The van der Waals surface area contributed by atoms with Crippen molar-refractivity contribution in [1.82, 2.24) is 0 Å². The molecule has 0 N–H and O–H groups in total. The van der Waals surface area contributed by atoms with E-state index in [2.05, 4.69) is 0 Å². The summed E-state index contributed by atoms with van der Waals surface area (Å²) in [6, 6.07) is 5.13. The topological polar surface area (TPSA) is 57.9 Å². The van der Waals surface area contributed by atoms with Crippen LogP contribution in [0.4, 0.5) is 0 Å². The highest BCUT2D eigenvalue weighted by Gasteiger charge is 2.16. The third-order valence-corrected chi connectivity index (χ3v) is 2.44. The summed E-state index contributed by atoms with van der Waals surface area (Å²) in [5.74, 6) is 1.03. The van der Waals surface area contributed by atoms with E-state index in [9.17, 15) is 4.79 Å². The summed E-state index contributed by atoms with van der Waals surface area (Å²) in [5, 5.41) is 0.657. The van der Waals surface area contributed by atoms with Crippen molar-refractivity contribution in [2.75, 3.05) is 21.3 Å². The lowest BCUT2D eigenvalue weighted by molar-refractivity contribution is 0.338. The van der Waals surface area contributed by atoms with Crippen molar-refractivity contribution in [1.29, 1.82) is 0 Å². The van der Waals surface area contributed by atoms with Crippen molar-refractivity contribution < 1.29 is 18.6 Å². The average molecular weight is 236 g/mol. The Labute approximate surface area is 97.5 Å². The van der Waals surface area contributed by atoms with Crippen LogP contribution in [0, 0.1) is 0 Å². The Kier molecular flexibility index (Phi) is 2.91. The summed E-state index contributed by atoms with van der Waals surface area (Å²) in [7, 11) is 4.41. The van der Waals surface area contributed by atoms with Gasteiger partial charge in [0.1, 0.15) is 11.3 Å². The van der Waals surface area contributed by atoms with Crippen LogP contribution in [0.25, 0.3) is 11.0 Å². The molecule has 0 amide bonds. The van der Waals surface area contributed by atoms with Gasteiger partial charge in [0, 0.05) is 6.07 Å². The highest BCUT2D eigenvalue weighted by Crippen LogP contribution is 2.33. The van der Waals surface area contributed by atoms with Crippen molar-refractivity contribution >= 4 is 11.0 Å². The van der Waals surface area contributed by atoms with Gasteiger partial charge >= 0.3 is 5.63 Å². The van der Waals surface area contributed by atoms with Crippen LogP contribution in [-0.4, -0.2) is 21.3 Å². The molecule has 1 heterocycles. The van der Waals surface area contributed by atoms with Gasteiger partial charge in [-0.2, -0.15) is 0 Å². The lowest BCUT2D eigenvalue weighted by Crippen LogP contribution is -2.06. The first-order chi connectivity index (χ1) is 8.21. The molecule has 0 spiro atoms. The van der Waals surface area contributed by atoms with Crippen molar-refractivity contribution in [3.63, 3.8) is 0 Å². The van der Waals surface area contributed by atoms with Gasteiger partial charge in [-0.05, 0) is 12.1 Å². The van der Waals surface area contributed by atoms with E-state index in [1.54, 1.807) is 25.3 Å². The van der Waals surface area contributed by atoms with Gasteiger partial charge in [-0.25, -0.2) is 4.79 Å². The van der Waals surface area contributed by atoms with Crippen LogP contribution in [0.5, 0.6) is 17.2 Å². The summed E-state index contributed by atoms with van der Waals surface area (Å²) in [6.07, 6.45) is 0. The van der Waals surface area contributed by atoms with Crippen molar-refractivity contribution in [2.24, 2.45) is 0 Å². The minimum absolute atomic E-state index is 0.0603. The molecule has 2 rings (SSSR count). The first-order valence-corrected chi connectivity index (χ1v) is 4.94.